The van der Waals surface area contributed by atoms with E-state index in [1.54, 1.807) is 0 Å². The lowest BCUT2D eigenvalue weighted by Gasteiger charge is -2.24. The summed E-state index contributed by atoms with van der Waals surface area (Å²) in [5, 5.41) is 3.24. The van der Waals surface area contributed by atoms with Gasteiger partial charge in [-0.1, -0.05) is 17.7 Å². The van der Waals surface area contributed by atoms with Gasteiger partial charge < -0.3 is 10.1 Å². The van der Waals surface area contributed by atoms with Gasteiger partial charge in [-0.2, -0.15) is 13.2 Å². The number of nitrogens with zero attached hydrogens (tertiary/aromatic N) is 1. The Morgan fingerprint density at radius 2 is 2.10 bits per heavy atom. The van der Waals surface area contributed by atoms with Gasteiger partial charge in [-0.3, -0.25) is 0 Å². The first-order valence-corrected chi connectivity index (χ1v) is 7.24. The molecule has 0 spiro atoms. The van der Waals surface area contributed by atoms with Crippen LogP contribution in [-0.2, 0) is 10.9 Å². The number of hydrogen-bond donors (Lipinski definition) is 1. The second-order valence-electron chi connectivity index (χ2n) is 5.37. The number of ether oxygens (including phenoxy) is 1. The maximum Gasteiger partial charge on any atom is 0.433 e. The van der Waals surface area contributed by atoms with Crippen molar-refractivity contribution in [3.05, 3.63) is 28.5 Å². The summed E-state index contributed by atoms with van der Waals surface area (Å²) in [6, 6.07) is 2.36. The number of halogens is 4. The summed E-state index contributed by atoms with van der Waals surface area (Å²) in [6.07, 6.45) is -3.49. The Morgan fingerprint density at radius 3 is 2.62 bits per heavy atom. The highest BCUT2D eigenvalue weighted by Crippen LogP contribution is 2.31. The molecule has 0 aromatic carbocycles. The molecule has 2 heterocycles. The highest BCUT2D eigenvalue weighted by atomic mass is 35.5. The van der Waals surface area contributed by atoms with Crippen LogP contribution >= 0.6 is 11.6 Å². The van der Waals surface area contributed by atoms with Gasteiger partial charge in [0, 0.05) is 24.3 Å². The smallest absolute Gasteiger partial charge is 0.381 e. The topological polar surface area (TPSA) is 34.1 Å². The lowest BCUT2D eigenvalue weighted by Crippen LogP contribution is -2.35. The van der Waals surface area contributed by atoms with Gasteiger partial charge in [-0.25, -0.2) is 4.98 Å². The van der Waals surface area contributed by atoms with Crippen molar-refractivity contribution < 1.29 is 17.9 Å². The Kier molecular flexibility index (Phi) is 5.11. The molecule has 3 nitrogen and oxygen atoms in total. The Morgan fingerprint density at radius 1 is 1.38 bits per heavy atom. The minimum Gasteiger partial charge on any atom is -0.381 e. The van der Waals surface area contributed by atoms with Gasteiger partial charge in [0.15, 0.2) is 0 Å². The zero-order chi connectivity index (χ0) is 15.6. The van der Waals surface area contributed by atoms with E-state index in [9.17, 15) is 13.2 Å². The molecule has 1 aliphatic heterocycles. The Labute approximate surface area is 126 Å². The lowest BCUT2D eigenvalue weighted by molar-refractivity contribution is -0.141. The zero-order valence-electron chi connectivity index (χ0n) is 11.9. The molecule has 3 atom stereocenters. The third-order valence-corrected chi connectivity index (χ3v) is 4.12. The van der Waals surface area contributed by atoms with E-state index in [0.29, 0.717) is 18.1 Å². The average Bonchev–Trinajstić information content (AvgIpc) is 2.91. The Bertz CT molecular complexity index is 490. The first-order valence-electron chi connectivity index (χ1n) is 6.86. The average molecular weight is 323 g/mol. The minimum absolute atomic E-state index is 0.111. The standard InChI is InChI=1S/C14H18ClF3N2O/c1-8(10-5-6-21-7-10)19-9(2)11-3-4-12(14(16,17)18)20-13(11)15/h3-4,8-10,19H,5-7H2,1-2H3/t8-,9+,10+/m1/s1. The summed E-state index contributed by atoms with van der Waals surface area (Å²) < 4.78 is 43.0. The van der Waals surface area contributed by atoms with Gasteiger partial charge in [-0.15, -0.1) is 0 Å². The van der Waals surface area contributed by atoms with Crippen LogP contribution in [0.15, 0.2) is 12.1 Å². The first-order chi connectivity index (χ1) is 9.79. The summed E-state index contributed by atoms with van der Waals surface area (Å²) >= 11 is 5.90. The van der Waals surface area contributed by atoms with Gasteiger partial charge >= 0.3 is 6.18 Å². The quantitative estimate of drug-likeness (QED) is 0.855. The summed E-state index contributed by atoms with van der Waals surface area (Å²) in [5.41, 5.74) is -0.406. The molecule has 118 valence electrons. The molecule has 0 radical (unpaired) electrons. The van der Waals surface area contributed by atoms with Crippen LogP contribution in [0.5, 0.6) is 0 Å². The van der Waals surface area contributed by atoms with Crippen LogP contribution < -0.4 is 5.32 Å². The molecule has 21 heavy (non-hydrogen) atoms. The van der Waals surface area contributed by atoms with Crippen molar-refractivity contribution in [2.75, 3.05) is 13.2 Å². The van der Waals surface area contributed by atoms with E-state index in [2.05, 4.69) is 10.3 Å². The van der Waals surface area contributed by atoms with Crippen LogP contribution in [0.3, 0.4) is 0 Å². The molecule has 1 aromatic heterocycles. The molecule has 7 heteroatoms. The van der Waals surface area contributed by atoms with Crippen LogP contribution in [0, 0.1) is 5.92 Å². The molecule has 1 aliphatic rings. The van der Waals surface area contributed by atoms with E-state index >= 15 is 0 Å². The van der Waals surface area contributed by atoms with E-state index in [-0.39, 0.29) is 17.2 Å². The normalized spacial score (nSPS) is 22.3. The summed E-state index contributed by atoms with van der Waals surface area (Å²) in [4.78, 5) is 3.45. The summed E-state index contributed by atoms with van der Waals surface area (Å²) in [5.74, 6) is 0.411. The predicted molar refractivity (Wildman–Crippen MR) is 74.2 cm³/mol. The van der Waals surface area contributed by atoms with Crippen molar-refractivity contribution in [2.24, 2.45) is 5.92 Å². The molecule has 1 aromatic rings. The minimum atomic E-state index is -4.48. The van der Waals surface area contributed by atoms with Gasteiger partial charge in [0.1, 0.15) is 10.8 Å². The van der Waals surface area contributed by atoms with Crippen LogP contribution in [0.4, 0.5) is 13.2 Å². The van der Waals surface area contributed by atoms with Crippen LogP contribution in [-0.4, -0.2) is 24.2 Å². The van der Waals surface area contributed by atoms with Crippen LogP contribution in [0.25, 0.3) is 0 Å². The van der Waals surface area contributed by atoms with Crippen molar-refractivity contribution in [2.45, 2.75) is 38.5 Å². The van der Waals surface area contributed by atoms with E-state index in [0.717, 1.165) is 19.1 Å². The molecule has 0 aliphatic carbocycles. The zero-order valence-corrected chi connectivity index (χ0v) is 12.6. The monoisotopic (exact) mass is 322 g/mol. The predicted octanol–water partition coefficient (Wildman–Crippen LogP) is 3.83. The Balaban J connectivity index is 2.06. The Hall–Kier alpha value is -0.850. The van der Waals surface area contributed by atoms with Crippen LogP contribution in [0.1, 0.15) is 37.6 Å². The number of pyridine rings is 1. The van der Waals surface area contributed by atoms with Gasteiger partial charge in [0.25, 0.3) is 0 Å². The molecule has 1 fully saturated rings. The number of hydrogen-bond acceptors (Lipinski definition) is 3. The number of alkyl halides is 3. The number of aromatic nitrogens is 1. The lowest BCUT2D eigenvalue weighted by atomic mass is 9.99. The van der Waals surface area contributed by atoms with E-state index < -0.39 is 11.9 Å². The molecule has 0 saturated carbocycles. The van der Waals surface area contributed by atoms with E-state index in [1.165, 1.54) is 6.07 Å². The molecular weight excluding hydrogens is 305 g/mol. The third-order valence-electron chi connectivity index (χ3n) is 3.82. The summed E-state index contributed by atoms with van der Waals surface area (Å²) in [6.45, 7) is 5.37. The highest BCUT2D eigenvalue weighted by Gasteiger charge is 2.33. The first kappa shape index (κ1) is 16.5. The van der Waals surface area contributed by atoms with Gasteiger partial charge in [0.05, 0.1) is 6.61 Å². The van der Waals surface area contributed by atoms with E-state index in [1.807, 2.05) is 13.8 Å². The largest absolute Gasteiger partial charge is 0.433 e. The maximum absolute atomic E-state index is 12.6. The fourth-order valence-corrected chi connectivity index (χ4v) is 2.81. The molecule has 1 saturated heterocycles. The fraction of sp³-hybridized carbons (Fsp3) is 0.643. The van der Waals surface area contributed by atoms with E-state index in [4.69, 9.17) is 16.3 Å². The van der Waals surface area contributed by atoms with Crippen molar-refractivity contribution in [3.63, 3.8) is 0 Å². The highest BCUT2D eigenvalue weighted by molar-refractivity contribution is 6.30. The van der Waals surface area contributed by atoms with Gasteiger partial charge in [0.2, 0.25) is 0 Å². The fourth-order valence-electron chi connectivity index (χ4n) is 2.49. The third kappa shape index (κ3) is 4.08. The van der Waals surface area contributed by atoms with Crippen molar-refractivity contribution in [1.29, 1.82) is 0 Å². The second-order valence-corrected chi connectivity index (χ2v) is 5.73. The molecule has 0 amide bonds. The SMILES string of the molecule is C[C@H](N[C@H](C)[C@H]1CCOC1)c1ccc(C(F)(F)F)nc1Cl. The second kappa shape index (κ2) is 6.50. The van der Waals surface area contributed by atoms with Crippen molar-refractivity contribution >= 4 is 11.6 Å². The molecule has 1 N–H and O–H groups in total. The van der Waals surface area contributed by atoms with Crippen molar-refractivity contribution in [1.82, 2.24) is 10.3 Å². The maximum atomic E-state index is 12.6. The van der Waals surface area contributed by atoms with Gasteiger partial charge in [-0.05, 0) is 32.3 Å². The van der Waals surface area contributed by atoms with Crippen molar-refractivity contribution in [3.8, 4) is 0 Å². The van der Waals surface area contributed by atoms with Crippen LogP contribution in [0.2, 0.25) is 5.15 Å². The molecule has 0 bridgehead atoms. The molecule has 0 unspecified atom stereocenters. The number of rotatable bonds is 4. The summed E-state index contributed by atoms with van der Waals surface area (Å²) in [7, 11) is 0. The number of nitrogens with one attached hydrogen (secondary N) is 1. The molecule has 2 rings (SSSR count). The molecular formula is C14H18ClF3N2O.